The van der Waals surface area contributed by atoms with Crippen molar-refractivity contribution in [1.29, 1.82) is 0 Å². The Labute approximate surface area is 253 Å². The number of hydrogen-bond acceptors (Lipinski definition) is 3. The maximum Gasteiger partial charge on any atom is 0.264 e. The van der Waals surface area contributed by atoms with Gasteiger partial charge in [0.15, 0.2) is 8.32 Å². The van der Waals surface area contributed by atoms with Crippen molar-refractivity contribution in [3.8, 4) is 0 Å². The van der Waals surface area contributed by atoms with Gasteiger partial charge in [-0.15, -0.1) is 9.24 Å². The minimum absolute atomic E-state index is 0.225. The maximum absolute atomic E-state index is 7.85. The van der Waals surface area contributed by atoms with Gasteiger partial charge < -0.3 is 13.3 Å². The molecule has 0 radical (unpaired) electrons. The van der Waals surface area contributed by atoms with E-state index in [-0.39, 0.29) is 16.0 Å². The van der Waals surface area contributed by atoms with Gasteiger partial charge >= 0.3 is 0 Å². The summed E-state index contributed by atoms with van der Waals surface area (Å²) in [5, 5.41) is 1.42. The van der Waals surface area contributed by atoms with Crippen LogP contribution in [0.15, 0.2) is 60.7 Å². The molecule has 40 heavy (non-hydrogen) atoms. The van der Waals surface area contributed by atoms with Crippen molar-refractivity contribution in [1.82, 2.24) is 0 Å². The highest BCUT2D eigenvalue weighted by Crippen LogP contribution is 2.57. The second-order valence-corrected chi connectivity index (χ2v) is 34.1. The predicted octanol–water partition coefficient (Wildman–Crippen LogP) is 8.57. The van der Waals surface area contributed by atoms with Crippen LogP contribution in [0.1, 0.15) is 54.4 Å². The first-order valence-electron chi connectivity index (χ1n) is 15.1. The second-order valence-electron chi connectivity index (χ2n) is 14.9. The highest BCUT2D eigenvalue weighted by Gasteiger charge is 2.64. The third-order valence-electron chi connectivity index (χ3n) is 9.07. The van der Waals surface area contributed by atoms with Crippen LogP contribution in [0.2, 0.25) is 57.4 Å². The number of benzene rings is 2. The molecule has 0 saturated heterocycles. The fourth-order valence-electron chi connectivity index (χ4n) is 6.10. The first kappa shape index (κ1) is 35.8. The van der Waals surface area contributed by atoms with Gasteiger partial charge in [0, 0.05) is 10.8 Å². The highest BCUT2D eigenvalue weighted by molar-refractivity contribution is 7.20. The molecule has 0 aliphatic carbocycles. The smallest absolute Gasteiger partial charge is 0.264 e. The molecule has 0 amide bonds. The normalized spacial score (nSPS) is 17.7. The van der Waals surface area contributed by atoms with Crippen molar-refractivity contribution in [2.24, 2.45) is 0 Å². The summed E-state index contributed by atoms with van der Waals surface area (Å²) in [7, 11) is -5.59. The lowest BCUT2D eigenvalue weighted by Crippen LogP contribution is -2.75. The van der Waals surface area contributed by atoms with E-state index in [9.17, 15) is 0 Å². The van der Waals surface area contributed by atoms with Crippen molar-refractivity contribution in [2.75, 3.05) is 0 Å². The average Bonchev–Trinajstić information content (AvgIpc) is 2.82. The molecule has 8 heteroatoms. The van der Waals surface area contributed by atoms with Crippen molar-refractivity contribution >= 4 is 52.6 Å². The minimum atomic E-state index is -2.96. The zero-order valence-electron chi connectivity index (χ0n) is 28.1. The van der Waals surface area contributed by atoms with E-state index in [0.29, 0.717) is 0 Å². The Morgan fingerprint density at radius 2 is 1.12 bits per heavy atom. The van der Waals surface area contributed by atoms with E-state index in [2.05, 4.69) is 164 Å². The van der Waals surface area contributed by atoms with Crippen LogP contribution in [0.25, 0.3) is 0 Å². The van der Waals surface area contributed by atoms with Crippen molar-refractivity contribution in [3.05, 3.63) is 60.7 Å². The molecule has 0 fully saturated rings. The largest absolute Gasteiger partial charge is 0.413 e. The molecule has 0 spiro atoms. The number of rotatable bonds is 14. The monoisotopic (exact) mass is 634 g/mol. The van der Waals surface area contributed by atoms with Crippen LogP contribution in [-0.4, -0.2) is 49.3 Å². The fraction of sp³-hybridized carbons (Fsp3) is 0.625. The summed E-state index contributed by atoms with van der Waals surface area (Å²) >= 11 is 0. The molecule has 4 atom stereocenters. The molecule has 0 aromatic heterocycles. The van der Waals surface area contributed by atoms with Crippen LogP contribution >= 0.6 is 9.24 Å². The zero-order valence-corrected chi connectivity index (χ0v) is 33.2. The molecule has 226 valence electrons. The van der Waals surface area contributed by atoms with Gasteiger partial charge in [0.25, 0.3) is 8.32 Å². The van der Waals surface area contributed by atoms with Gasteiger partial charge in [-0.2, -0.15) is 0 Å². The summed E-state index contributed by atoms with van der Waals surface area (Å²) in [6.07, 6.45) is 1.93. The Morgan fingerprint density at radius 1 is 0.700 bits per heavy atom. The number of hydrogen-bond donors (Lipinski definition) is 0. The van der Waals surface area contributed by atoms with Crippen LogP contribution in [0, 0.1) is 0 Å². The molecule has 0 bridgehead atoms. The standard InChI is InChI=1S/C32H59O3PSi4/c1-15-29(37(7,8)9)33-40(27-23-19-17-20-24-27,28-25-21-18-22-26-28)31(5,16-2)32(6,36)35-39(13,14)30(3,4)34-38(10,11)12/h17-26,29H,15-16,36H2,1-14H3. The van der Waals surface area contributed by atoms with Crippen LogP contribution in [-0.2, 0) is 13.3 Å². The van der Waals surface area contributed by atoms with E-state index in [1.807, 2.05) is 0 Å². The topological polar surface area (TPSA) is 27.7 Å². The van der Waals surface area contributed by atoms with Crippen molar-refractivity contribution in [2.45, 2.75) is 128 Å². The quantitative estimate of drug-likeness (QED) is 0.154. The molecule has 0 N–H and O–H groups in total. The lowest BCUT2D eigenvalue weighted by molar-refractivity contribution is 0.0653. The average molecular weight is 635 g/mol. The molecule has 3 nitrogen and oxygen atoms in total. The Hall–Kier alpha value is -0.382. The van der Waals surface area contributed by atoms with Gasteiger partial charge in [0.2, 0.25) is 8.32 Å². The van der Waals surface area contributed by atoms with Crippen LogP contribution in [0.5, 0.6) is 0 Å². The van der Waals surface area contributed by atoms with Gasteiger partial charge in [0.1, 0.15) is 0 Å². The minimum Gasteiger partial charge on any atom is -0.413 e. The molecule has 2 rings (SSSR count). The van der Waals surface area contributed by atoms with E-state index < -0.39 is 38.4 Å². The molecule has 2 aromatic rings. The predicted molar refractivity (Wildman–Crippen MR) is 190 cm³/mol. The second kappa shape index (κ2) is 12.7. The Kier molecular flexibility index (Phi) is 11.4. The van der Waals surface area contributed by atoms with E-state index >= 15 is 0 Å². The molecule has 2 aromatic carbocycles. The van der Waals surface area contributed by atoms with Crippen molar-refractivity contribution in [3.63, 3.8) is 0 Å². The van der Waals surface area contributed by atoms with E-state index in [0.717, 1.165) is 12.8 Å². The van der Waals surface area contributed by atoms with Crippen LogP contribution < -0.4 is 10.4 Å². The third kappa shape index (κ3) is 7.39. The lowest BCUT2D eigenvalue weighted by atomic mass is 10.0. The summed E-state index contributed by atoms with van der Waals surface area (Å²) in [6.45, 7) is 32.7. The zero-order chi connectivity index (χ0) is 30.8. The van der Waals surface area contributed by atoms with Gasteiger partial charge in [-0.05, 0) is 76.7 Å². The fourth-order valence-corrected chi connectivity index (χ4v) is 21.3. The van der Waals surface area contributed by atoms with Gasteiger partial charge in [-0.1, -0.05) is 101 Å². The molecular formula is C32H59O3PSi4. The van der Waals surface area contributed by atoms with Gasteiger partial charge in [-0.25, -0.2) is 0 Å². The van der Waals surface area contributed by atoms with Crippen LogP contribution in [0.3, 0.4) is 0 Å². The summed E-state index contributed by atoms with van der Waals surface area (Å²) in [4.78, 5) is 0. The molecule has 0 saturated carbocycles. The first-order valence-corrected chi connectivity index (χ1v) is 27.5. The molecular weight excluding hydrogens is 576 g/mol. The van der Waals surface area contributed by atoms with Crippen LogP contribution in [0.4, 0.5) is 0 Å². The van der Waals surface area contributed by atoms with E-state index in [1.165, 1.54) is 10.4 Å². The van der Waals surface area contributed by atoms with Gasteiger partial charge in [-0.3, -0.25) is 0 Å². The summed E-state index contributed by atoms with van der Waals surface area (Å²) in [5.41, 5.74) is 0.225. The Balaban J connectivity index is 2.92. The molecule has 0 heterocycles. The molecule has 4 unspecified atom stereocenters. The molecule has 0 aliphatic heterocycles. The van der Waals surface area contributed by atoms with E-state index in [4.69, 9.17) is 13.3 Å². The summed E-state index contributed by atoms with van der Waals surface area (Å²) < 4.78 is 22.2. The third-order valence-corrected chi connectivity index (χ3v) is 23.6. The van der Waals surface area contributed by atoms with E-state index in [1.54, 1.807) is 0 Å². The summed E-state index contributed by atoms with van der Waals surface area (Å²) in [6, 6.07) is 22.2. The summed E-state index contributed by atoms with van der Waals surface area (Å²) in [5.74, 6) is 0. The van der Waals surface area contributed by atoms with Gasteiger partial charge in [0.05, 0.1) is 18.6 Å². The lowest BCUT2D eigenvalue weighted by Gasteiger charge is -2.59. The molecule has 0 aliphatic rings. The highest BCUT2D eigenvalue weighted by atomic mass is 31.0. The van der Waals surface area contributed by atoms with Crippen molar-refractivity contribution < 1.29 is 13.3 Å². The first-order chi connectivity index (χ1) is 18.1. The maximum atomic E-state index is 7.85. The SMILES string of the molecule is CCC(O[Si](c1ccccc1)(c1ccccc1)C(C)(CC)C(C)(P)O[Si](C)(C)C(C)(C)O[Si](C)(C)C)[Si](C)(C)C. The Morgan fingerprint density at radius 3 is 1.45 bits per heavy atom. The Bertz CT molecular complexity index is 1040.